The second-order valence-corrected chi connectivity index (χ2v) is 6.89. The van der Waals surface area contributed by atoms with Crippen LogP contribution in [-0.2, 0) is 14.3 Å². The fourth-order valence-electron chi connectivity index (χ4n) is 2.88. The maximum atomic E-state index is 12.2. The minimum Gasteiger partial charge on any atom is -0.452 e. The summed E-state index contributed by atoms with van der Waals surface area (Å²) in [5.41, 5.74) is 1.81. The molecule has 0 aliphatic carbocycles. The summed E-state index contributed by atoms with van der Waals surface area (Å²) in [6.07, 6.45) is -0.0414. The van der Waals surface area contributed by atoms with Crippen molar-refractivity contribution in [2.45, 2.75) is 38.7 Å². The third kappa shape index (κ3) is 7.95. The predicted octanol–water partition coefficient (Wildman–Crippen LogP) is 3.44. The fourth-order valence-corrected chi connectivity index (χ4v) is 2.88. The van der Waals surface area contributed by atoms with Crippen LogP contribution in [-0.4, -0.2) is 37.1 Å². The first kappa shape index (κ1) is 22.9. The number of nitrogens with one attached hydrogen (secondary N) is 3. The summed E-state index contributed by atoms with van der Waals surface area (Å²) in [6, 6.07) is 18.5. The van der Waals surface area contributed by atoms with E-state index in [9.17, 15) is 14.4 Å². The van der Waals surface area contributed by atoms with Crippen LogP contribution in [0, 0.1) is 0 Å². The van der Waals surface area contributed by atoms with Gasteiger partial charge in [0.25, 0.3) is 5.91 Å². The standard InChI is InChI=1S/C23H29N3O4/c1-3-18(19-10-6-4-7-11-19)16-25-22(28)17(2)30-21(27)14-15-24-23(29)26-20-12-8-5-9-13-20/h4-13,17-18H,3,14-16H2,1-2H3,(H,25,28)(H2,24,26,29)/t17-,18+/m1/s1. The summed E-state index contributed by atoms with van der Waals surface area (Å²) in [4.78, 5) is 36.0. The molecule has 2 aromatic rings. The van der Waals surface area contributed by atoms with Gasteiger partial charge in [-0.3, -0.25) is 9.59 Å². The van der Waals surface area contributed by atoms with Crippen molar-refractivity contribution in [1.29, 1.82) is 0 Å². The predicted molar refractivity (Wildman–Crippen MR) is 116 cm³/mol. The molecular weight excluding hydrogens is 382 g/mol. The SMILES string of the molecule is CC[C@@H](CNC(=O)[C@@H](C)OC(=O)CCNC(=O)Nc1ccccc1)c1ccccc1. The summed E-state index contributed by atoms with van der Waals surface area (Å²) in [6.45, 7) is 4.18. The van der Waals surface area contributed by atoms with Gasteiger partial charge in [-0.15, -0.1) is 0 Å². The Morgan fingerprint density at radius 3 is 2.20 bits per heavy atom. The van der Waals surface area contributed by atoms with E-state index in [1.165, 1.54) is 6.92 Å². The van der Waals surface area contributed by atoms with Crippen LogP contribution in [0.15, 0.2) is 60.7 Å². The number of ether oxygens (including phenoxy) is 1. The van der Waals surface area contributed by atoms with Crippen LogP contribution in [0.3, 0.4) is 0 Å². The van der Waals surface area contributed by atoms with Gasteiger partial charge in [0, 0.05) is 24.7 Å². The Morgan fingerprint density at radius 2 is 1.57 bits per heavy atom. The minimum absolute atomic E-state index is 0.0264. The van der Waals surface area contributed by atoms with E-state index in [1.807, 2.05) is 48.5 Å². The molecule has 0 aliphatic heterocycles. The van der Waals surface area contributed by atoms with Gasteiger partial charge < -0.3 is 20.7 Å². The minimum atomic E-state index is -0.899. The van der Waals surface area contributed by atoms with Gasteiger partial charge in [-0.25, -0.2) is 4.79 Å². The molecule has 0 radical (unpaired) electrons. The fraction of sp³-hybridized carbons (Fsp3) is 0.348. The van der Waals surface area contributed by atoms with Crippen molar-refractivity contribution in [1.82, 2.24) is 10.6 Å². The smallest absolute Gasteiger partial charge is 0.319 e. The first-order valence-corrected chi connectivity index (χ1v) is 10.1. The lowest BCUT2D eigenvalue weighted by Gasteiger charge is -2.18. The van der Waals surface area contributed by atoms with E-state index < -0.39 is 18.1 Å². The zero-order valence-electron chi connectivity index (χ0n) is 17.4. The molecule has 0 aliphatic rings. The molecule has 0 spiro atoms. The summed E-state index contributed by atoms with van der Waals surface area (Å²) >= 11 is 0. The first-order valence-electron chi connectivity index (χ1n) is 10.1. The van der Waals surface area contributed by atoms with Gasteiger partial charge in [-0.1, -0.05) is 55.5 Å². The molecule has 7 heteroatoms. The first-order chi connectivity index (χ1) is 14.5. The van der Waals surface area contributed by atoms with Crippen molar-refractivity contribution in [3.63, 3.8) is 0 Å². The quantitative estimate of drug-likeness (QED) is 0.522. The normalized spacial score (nSPS) is 12.3. The van der Waals surface area contributed by atoms with Crippen molar-refractivity contribution in [3.8, 4) is 0 Å². The number of para-hydroxylation sites is 1. The number of amides is 3. The van der Waals surface area contributed by atoms with Crippen LogP contribution in [0.1, 0.15) is 38.2 Å². The molecule has 7 nitrogen and oxygen atoms in total. The average Bonchev–Trinajstić information content (AvgIpc) is 2.75. The van der Waals surface area contributed by atoms with Crippen LogP contribution in [0.5, 0.6) is 0 Å². The van der Waals surface area contributed by atoms with E-state index in [4.69, 9.17) is 4.74 Å². The van der Waals surface area contributed by atoms with Crippen LogP contribution in [0.2, 0.25) is 0 Å². The Kier molecular flexibility index (Phi) is 9.37. The molecule has 160 valence electrons. The van der Waals surface area contributed by atoms with Gasteiger partial charge in [0.15, 0.2) is 6.10 Å². The average molecular weight is 412 g/mol. The Hall–Kier alpha value is -3.35. The third-order valence-corrected chi connectivity index (χ3v) is 4.61. The van der Waals surface area contributed by atoms with E-state index in [0.717, 1.165) is 12.0 Å². The molecule has 2 atom stereocenters. The molecule has 0 unspecified atom stereocenters. The van der Waals surface area contributed by atoms with Gasteiger partial charge in [-0.05, 0) is 31.0 Å². The lowest BCUT2D eigenvalue weighted by Crippen LogP contribution is -2.38. The van der Waals surface area contributed by atoms with Crippen LogP contribution >= 0.6 is 0 Å². The highest BCUT2D eigenvalue weighted by Crippen LogP contribution is 2.18. The number of benzene rings is 2. The number of hydrogen-bond acceptors (Lipinski definition) is 4. The molecular formula is C23H29N3O4. The Morgan fingerprint density at radius 1 is 0.933 bits per heavy atom. The summed E-state index contributed by atoms with van der Waals surface area (Å²) in [7, 11) is 0. The summed E-state index contributed by atoms with van der Waals surface area (Å²) < 4.78 is 5.16. The van der Waals surface area contributed by atoms with Crippen molar-refractivity contribution < 1.29 is 19.1 Å². The number of carbonyl (C=O) groups excluding carboxylic acids is 3. The lowest BCUT2D eigenvalue weighted by atomic mass is 9.96. The van der Waals surface area contributed by atoms with Gasteiger partial charge in [0.05, 0.1) is 6.42 Å². The molecule has 0 heterocycles. The highest BCUT2D eigenvalue weighted by molar-refractivity contribution is 5.89. The van der Waals surface area contributed by atoms with Crippen molar-refractivity contribution >= 4 is 23.6 Å². The molecule has 0 aromatic heterocycles. The molecule has 2 aromatic carbocycles. The molecule has 3 amide bonds. The van der Waals surface area contributed by atoms with E-state index in [1.54, 1.807) is 12.1 Å². The number of rotatable bonds is 10. The van der Waals surface area contributed by atoms with Crippen molar-refractivity contribution in [3.05, 3.63) is 66.2 Å². The third-order valence-electron chi connectivity index (χ3n) is 4.61. The number of esters is 1. The zero-order valence-corrected chi connectivity index (χ0v) is 17.4. The van der Waals surface area contributed by atoms with Gasteiger partial charge in [0.2, 0.25) is 0 Å². The summed E-state index contributed by atoms with van der Waals surface area (Å²) in [5, 5.41) is 8.08. The van der Waals surface area contributed by atoms with Crippen LogP contribution < -0.4 is 16.0 Å². The highest BCUT2D eigenvalue weighted by atomic mass is 16.5. The molecule has 0 bridgehead atoms. The molecule has 2 rings (SSSR count). The topological polar surface area (TPSA) is 96.5 Å². The molecule has 30 heavy (non-hydrogen) atoms. The number of anilines is 1. The van der Waals surface area contributed by atoms with Gasteiger partial charge in [0.1, 0.15) is 0 Å². The molecule has 0 saturated heterocycles. The zero-order chi connectivity index (χ0) is 21.8. The van der Waals surface area contributed by atoms with Gasteiger partial charge in [-0.2, -0.15) is 0 Å². The van der Waals surface area contributed by atoms with E-state index in [2.05, 4.69) is 22.9 Å². The molecule has 0 fully saturated rings. The summed E-state index contributed by atoms with van der Waals surface area (Å²) in [5.74, 6) is -0.689. The number of hydrogen-bond donors (Lipinski definition) is 3. The number of urea groups is 1. The maximum absolute atomic E-state index is 12.2. The monoisotopic (exact) mass is 411 g/mol. The van der Waals surface area contributed by atoms with E-state index >= 15 is 0 Å². The highest BCUT2D eigenvalue weighted by Gasteiger charge is 2.19. The Labute approximate surface area is 177 Å². The van der Waals surface area contributed by atoms with Crippen molar-refractivity contribution in [2.75, 3.05) is 18.4 Å². The number of carbonyl (C=O) groups is 3. The van der Waals surface area contributed by atoms with Gasteiger partial charge >= 0.3 is 12.0 Å². The molecule has 3 N–H and O–H groups in total. The van der Waals surface area contributed by atoms with Crippen LogP contribution in [0.25, 0.3) is 0 Å². The lowest BCUT2D eigenvalue weighted by molar-refractivity contribution is -0.154. The van der Waals surface area contributed by atoms with Crippen molar-refractivity contribution in [2.24, 2.45) is 0 Å². The second kappa shape index (κ2) is 12.3. The van der Waals surface area contributed by atoms with E-state index in [0.29, 0.717) is 12.2 Å². The maximum Gasteiger partial charge on any atom is 0.319 e. The Balaban J connectivity index is 1.66. The van der Waals surface area contributed by atoms with E-state index in [-0.39, 0.29) is 24.8 Å². The second-order valence-electron chi connectivity index (χ2n) is 6.89. The largest absolute Gasteiger partial charge is 0.452 e. The Bertz CT molecular complexity index is 812. The molecule has 0 saturated carbocycles. The van der Waals surface area contributed by atoms with Crippen LogP contribution in [0.4, 0.5) is 10.5 Å².